The van der Waals surface area contributed by atoms with Crippen molar-refractivity contribution in [3.63, 3.8) is 0 Å². The zero-order chi connectivity index (χ0) is 14.4. The monoisotopic (exact) mass is 291 g/mol. The van der Waals surface area contributed by atoms with E-state index >= 15 is 0 Å². The Morgan fingerprint density at radius 1 is 1.15 bits per heavy atom. The van der Waals surface area contributed by atoms with Crippen LogP contribution in [0.5, 0.6) is 11.5 Å². The van der Waals surface area contributed by atoms with Gasteiger partial charge in [0.1, 0.15) is 18.1 Å². The van der Waals surface area contributed by atoms with Gasteiger partial charge in [-0.1, -0.05) is 35.9 Å². The van der Waals surface area contributed by atoms with Crippen LogP contribution in [-0.2, 0) is 0 Å². The summed E-state index contributed by atoms with van der Waals surface area (Å²) in [6.45, 7) is 0.533. The normalized spacial score (nSPS) is 11.9. The summed E-state index contributed by atoms with van der Waals surface area (Å²) in [6, 6.07) is 15.6. The van der Waals surface area contributed by atoms with E-state index in [9.17, 15) is 0 Å². The maximum atomic E-state index is 6.04. The van der Waals surface area contributed by atoms with Crippen molar-refractivity contribution in [1.29, 1.82) is 0 Å². The molecule has 3 nitrogen and oxygen atoms in total. The van der Waals surface area contributed by atoms with Crippen LogP contribution >= 0.6 is 11.6 Å². The van der Waals surface area contributed by atoms with Crippen molar-refractivity contribution in [2.75, 3.05) is 20.8 Å². The van der Waals surface area contributed by atoms with Gasteiger partial charge in [-0.25, -0.2) is 0 Å². The number of para-hydroxylation sites is 1. The van der Waals surface area contributed by atoms with Crippen LogP contribution in [0.25, 0.3) is 0 Å². The van der Waals surface area contributed by atoms with Gasteiger partial charge in [0.2, 0.25) is 0 Å². The molecule has 0 radical (unpaired) electrons. The number of methoxy groups -OCH3 is 1. The van der Waals surface area contributed by atoms with Crippen LogP contribution in [-0.4, -0.2) is 20.8 Å². The van der Waals surface area contributed by atoms with Gasteiger partial charge in [0, 0.05) is 0 Å². The van der Waals surface area contributed by atoms with Gasteiger partial charge in [-0.3, -0.25) is 0 Å². The minimum Gasteiger partial charge on any atom is -0.495 e. The zero-order valence-corrected chi connectivity index (χ0v) is 12.4. The van der Waals surface area contributed by atoms with Gasteiger partial charge in [0.25, 0.3) is 0 Å². The largest absolute Gasteiger partial charge is 0.495 e. The number of ether oxygens (including phenoxy) is 2. The first-order chi connectivity index (χ1) is 9.74. The minimum atomic E-state index is 0.0707. The van der Waals surface area contributed by atoms with Crippen LogP contribution in [0.4, 0.5) is 0 Å². The number of hydrogen-bond donors (Lipinski definition) is 1. The highest BCUT2D eigenvalue weighted by Crippen LogP contribution is 2.28. The van der Waals surface area contributed by atoms with E-state index in [-0.39, 0.29) is 6.04 Å². The van der Waals surface area contributed by atoms with Crippen molar-refractivity contribution in [1.82, 2.24) is 5.32 Å². The van der Waals surface area contributed by atoms with E-state index in [2.05, 4.69) is 5.32 Å². The first-order valence-electron chi connectivity index (χ1n) is 6.43. The molecule has 2 aromatic carbocycles. The maximum absolute atomic E-state index is 6.04. The Labute approximate surface area is 124 Å². The fraction of sp³-hybridized carbons (Fsp3) is 0.250. The molecule has 0 bridgehead atoms. The molecule has 1 N–H and O–H groups in total. The molecular weight excluding hydrogens is 274 g/mol. The van der Waals surface area contributed by atoms with Crippen molar-refractivity contribution in [2.45, 2.75) is 6.04 Å². The minimum absolute atomic E-state index is 0.0707. The van der Waals surface area contributed by atoms with Crippen LogP contribution in [0, 0.1) is 0 Å². The molecular formula is C16H18ClNO2. The van der Waals surface area contributed by atoms with Gasteiger partial charge in [0.05, 0.1) is 18.2 Å². The predicted octanol–water partition coefficient (Wildman–Crippen LogP) is 3.69. The first-order valence-corrected chi connectivity index (χ1v) is 6.81. The maximum Gasteiger partial charge on any atom is 0.137 e. The van der Waals surface area contributed by atoms with Crippen LogP contribution in [0.3, 0.4) is 0 Å². The fourth-order valence-corrected chi connectivity index (χ4v) is 2.13. The van der Waals surface area contributed by atoms with Gasteiger partial charge >= 0.3 is 0 Å². The average Bonchev–Trinajstić information content (AvgIpc) is 2.50. The SMILES string of the molecule is CNC(COc1ccccc1)c1ccc(Cl)c(OC)c1. The van der Waals surface area contributed by atoms with Gasteiger partial charge < -0.3 is 14.8 Å². The summed E-state index contributed by atoms with van der Waals surface area (Å²) in [6.07, 6.45) is 0. The number of likely N-dealkylation sites (N-methyl/N-ethyl adjacent to an activating group) is 1. The molecule has 1 unspecified atom stereocenters. The van der Waals surface area contributed by atoms with Crippen molar-refractivity contribution >= 4 is 11.6 Å². The van der Waals surface area contributed by atoms with Gasteiger partial charge in [-0.2, -0.15) is 0 Å². The molecule has 0 saturated heterocycles. The van der Waals surface area contributed by atoms with Crippen LogP contribution in [0.1, 0.15) is 11.6 Å². The van der Waals surface area contributed by atoms with Crippen molar-refractivity contribution < 1.29 is 9.47 Å². The van der Waals surface area contributed by atoms with E-state index in [1.54, 1.807) is 7.11 Å². The molecule has 4 heteroatoms. The highest BCUT2D eigenvalue weighted by molar-refractivity contribution is 6.32. The van der Waals surface area contributed by atoms with Crippen LogP contribution in [0.2, 0.25) is 5.02 Å². The molecule has 0 aliphatic carbocycles. The Bertz CT molecular complexity index is 545. The molecule has 106 valence electrons. The highest BCUT2D eigenvalue weighted by atomic mass is 35.5. The van der Waals surface area contributed by atoms with E-state index in [1.807, 2.05) is 55.6 Å². The molecule has 0 heterocycles. The van der Waals surface area contributed by atoms with Crippen molar-refractivity contribution in [3.8, 4) is 11.5 Å². The molecule has 1 atom stereocenters. The predicted molar refractivity (Wildman–Crippen MR) is 81.7 cm³/mol. The van der Waals surface area contributed by atoms with Gasteiger partial charge in [0.15, 0.2) is 0 Å². The topological polar surface area (TPSA) is 30.5 Å². The number of benzene rings is 2. The Balaban J connectivity index is 2.08. The molecule has 0 fully saturated rings. The summed E-state index contributed by atoms with van der Waals surface area (Å²) < 4.78 is 11.0. The quantitative estimate of drug-likeness (QED) is 0.880. The zero-order valence-electron chi connectivity index (χ0n) is 11.6. The smallest absolute Gasteiger partial charge is 0.137 e. The van der Waals surface area contributed by atoms with Crippen molar-refractivity contribution in [3.05, 3.63) is 59.1 Å². The third-order valence-electron chi connectivity index (χ3n) is 3.09. The fourth-order valence-electron chi connectivity index (χ4n) is 1.94. The van der Waals surface area contributed by atoms with Gasteiger partial charge in [-0.15, -0.1) is 0 Å². The lowest BCUT2D eigenvalue weighted by molar-refractivity contribution is 0.272. The molecule has 0 aliphatic rings. The Kier molecular flexibility index (Phi) is 5.27. The second-order valence-electron chi connectivity index (χ2n) is 4.36. The van der Waals surface area contributed by atoms with Crippen molar-refractivity contribution in [2.24, 2.45) is 0 Å². The lowest BCUT2D eigenvalue weighted by Gasteiger charge is -2.18. The Hall–Kier alpha value is -1.71. The summed E-state index contributed by atoms with van der Waals surface area (Å²) in [5, 5.41) is 3.84. The molecule has 0 spiro atoms. The number of hydrogen-bond acceptors (Lipinski definition) is 3. The molecule has 20 heavy (non-hydrogen) atoms. The summed E-state index contributed by atoms with van der Waals surface area (Å²) in [5.74, 6) is 1.53. The summed E-state index contributed by atoms with van der Waals surface area (Å²) in [7, 11) is 3.51. The summed E-state index contributed by atoms with van der Waals surface area (Å²) in [5.41, 5.74) is 1.07. The molecule has 0 amide bonds. The van der Waals surface area contributed by atoms with E-state index < -0.39 is 0 Å². The lowest BCUT2D eigenvalue weighted by Crippen LogP contribution is -2.23. The summed E-state index contributed by atoms with van der Waals surface area (Å²) >= 11 is 6.04. The Morgan fingerprint density at radius 3 is 2.55 bits per heavy atom. The third-order valence-corrected chi connectivity index (χ3v) is 3.40. The standard InChI is InChI=1S/C16H18ClNO2/c1-18-15(11-20-13-6-4-3-5-7-13)12-8-9-14(17)16(10-12)19-2/h3-10,15,18H,11H2,1-2H3. The molecule has 0 aliphatic heterocycles. The molecule has 0 saturated carbocycles. The highest BCUT2D eigenvalue weighted by Gasteiger charge is 2.12. The molecule has 2 aromatic rings. The second-order valence-corrected chi connectivity index (χ2v) is 4.77. The van der Waals surface area contributed by atoms with Gasteiger partial charge in [-0.05, 0) is 36.9 Å². The first kappa shape index (κ1) is 14.7. The van der Waals surface area contributed by atoms with E-state index in [4.69, 9.17) is 21.1 Å². The second kappa shape index (κ2) is 7.17. The van der Waals surface area contributed by atoms with Crippen LogP contribution < -0.4 is 14.8 Å². The number of nitrogens with one attached hydrogen (secondary N) is 1. The summed E-state index contributed by atoms with van der Waals surface area (Å²) in [4.78, 5) is 0. The van der Waals surface area contributed by atoms with E-state index in [0.29, 0.717) is 17.4 Å². The lowest BCUT2D eigenvalue weighted by atomic mass is 10.1. The Morgan fingerprint density at radius 2 is 1.90 bits per heavy atom. The average molecular weight is 292 g/mol. The van der Waals surface area contributed by atoms with Crippen LogP contribution in [0.15, 0.2) is 48.5 Å². The molecule has 0 aromatic heterocycles. The van der Waals surface area contributed by atoms with E-state index in [0.717, 1.165) is 11.3 Å². The van der Waals surface area contributed by atoms with E-state index in [1.165, 1.54) is 0 Å². The third kappa shape index (κ3) is 3.65. The number of halogens is 1. The number of rotatable bonds is 6. The molecule has 2 rings (SSSR count).